The fraction of sp³-hybridized carbons (Fsp3) is 0.478. The Morgan fingerprint density at radius 1 is 1.16 bits per heavy atom. The molecule has 0 saturated carbocycles. The van der Waals surface area contributed by atoms with Gasteiger partial charge in [-0.1, -0.05) is 32.0 Å². The molecule has 1 N–H and O–H groups in total. The van der Waals surface area contributed by atoms with Crippen LogP contribution in [0, 0.1) is 5.92 Å². The van der Waals surface area contributed by atoms with E-state index >= 15 is 0 Å². The zero-order chi connectivity index (χ0) is 22.4. The molecule has 0 radical (unpaired) electrons. The minimum atomic E-state index is -0.779. The van der Waals surface area contributed by atoms with Gasteiger partial charge in [-0.15, -0.1) is 0 Å². The molecule has 0 spiro atoms. The van der Waals surface area contributed by atoms with Crippen molar-refractivity contribution in [1.29, 1.82) is 0 Å². The van der Waals surface area contributed by atoms with Gasteiger partial charge < -0.3 is 19.7 Å². The predicted octanol–water partition coefficient (Wildman–Crippen LogP) is 2.70. The first-order chi connectivity index (χ1) is 14.9. The summed E-state index contributed by atoms with van der Waals surface area (Å²) in [5.41, 5.74) is 1.13. The number of amides is 1. The van der Waals surface area contributed by atoms with Gasteiger partial charge in [0.15, 0.2) is 6.61 Å². The average molecular weight is 428 g/mol. The van der Waals surface area contributed by atoms with E-state index in [0.717, 1.165) is 36.8 Å². The van der Waals surface area contributed by atoms with Crippen LogP contribution in [0.5, 0.6) is 0 Å². The maximum absolute atomic E-state index is 12.9. The fourth-order valence-corrected chi connectivity index (χ4v) is 3.70. The molecule has 1 fully saturated rings. The topological polar surface area (TPSA) is 97.8 Å². The van der Waals surface area contributed by atoms with E-state index in [0.29, 0.717) is 17.8 Å². The highest BCUT2D eigenvalue weighted by Gasteiger charge is 2.25. The Bertz CT molecular complexity index is 953. The lowest BCUT2D eigenvalue weighted by molar-refractivity contribution is -0.145. The molecule has 0 bridgehead atoms. The van der Waals surface area contributed by atoms with Crippen molar-refractivity contribution in [2.45, 2.75) is 39.2 Å². The van der Waals surface area contributed by atoms with Crippen molar-refractivity contribution < 1.29 is 23.9 Å². The molecule has 1 aromatic heterocycles. The first-order valence-corrected chi connectivity index (χ1v) is 10.6. The third kappa shape index (κ3) is 5.71. The number of rotatable bonds is 8. The van der Waals surface area contributed by atoms with E-state index in [9.17, 15) is 14.4 Å². The summed E-state index contributed by atoms with van der Waals surface area (Å²) in [4.78, 5) is 43.8. The number of ether oxygens (including phenoxy) is 2. The molecule has 2 heterocycles. The molecule has 1 saturated heterocycles. The molecule has 31 heavy (non-hydrogen) atoms. The number of para-hydroxylation sites is 1. The van der Waals surface area contributed by atoms with Crippen molar-refractivity contribution in [3.8, 4) is 0 Å². The van der Waals surface area contributed by atoms with Crippen LogP contribution in [0.3, 0.4) is 0 Å². The molecule has 1 aliphatic rings. The second-order valence-corrected chi connectivity index (χ2v) is 8.10. The quantitative estimate of drug-likeness (QED) is 0.647. The summed E-state index contributed by atoms with van der Waals surface area (Å²) in [7, 11) is 1.27. The van der Waals surface area contributed by atoms with Crippen LogP contribution in [0.1, 0.15) is 43.5 Å². The van der Waals surface area contributed by atoms with Gasteiger partial charge in [-0.3, -0.25) is 4.79 Å². The zero-order valence-corrected chi connectivity index (χ0v) is 18.2. The Morgan fingerprint density at radius 2 is 1.87 bits per heavy atom. The average Bonchev–Trinajstić information content (AvgIpc) is 3.30. The summed E-state index contributed by atoms with van der Waals surface area (Å²) in [6, 6.07) is 8.54. The summed E-state index contributed by atoms with van der Waals surface area (Å²) >= 11 is 0. The van der Waals surface area contributed by atoms with Gasteiger partial charge in [-0.05, 0) is 37.3 Å². The molecular weight excluding hydrogens is 398 g/mol. The number of methoxy groups -OCH3 is 1. The Balaban J connectivity index is 1.72. The molecule has 1 amide bonds. The predicted molar refractivity (Wildman–Crippen MR) is 117 cm³/mol. The van der Waals surface area contributed by atoms with E-state index in [4.69, 9.17) is 9.47 Å². The number of benzene rings is 1. The lowest BCUT2D eigenvalue weighted by Gasteiger charge is -2.20. The fourth-order valence-electron chi connectivity index (χ4n) is 3.70. The number of hydrogen-bond acceptors (Lipinski definition) is 7. The molecule has 8 nitrogen and oxygen atoms in total. The zero-order valence-electron chi connectivity index (χ0n) is 18.2. The molecule has 1 aliphatic heterocycles. The number of esters is 2. The standard InChI is InChI=1S/C23H29N3O5/c1-15(2)12-19(23(29)30-3)24-20(27)14-31-22(28)17-13-16-8-4-5-9-18(16)25-21(17)26-10-6-7-11-26/h4-5,8-9,13,15,19H,6-7,10-12,14H2,1-3H3,(H,24,27). The van der Waals surface area contributed by atoms with Gasteiger partial charge in [0.2, 0.25) is 0 Å². The van der Waals surface area contributed by atoms with Gasteiger partial charge in [-0.25, -0.2) is 14.6 Å². The van der Waals surface area contributed by atoms with Crippen molar-refractivity contribution in [3.63, 3.8) is 0 Å². The van der Waals surface area contributed by atoms with E-state index in [1.807, 2.05) is 38.1 Å². The maximum atomic E-state index is 12.9. The van der Waals surface area contributed by atoms with Gasteiger partial charge in [0.1, 0.15) is 17.4 Å². The molecular formula is C23H29N3O5. The van der Waals surface area contributed by atoms with Crippen LogP contribution < -0.4 is 10.2 Å². The van der Waals surface area contributed by atoms with Gasteiger partial charge >= 0.3 is 11.9 Å². The third-order valence-corrected chi connectivity index (χ3v) is 5.19. The van der Waals surface area contributed by atoms with Crippen molar-refractivity contribution >= 4 is 34.6 Å². The van der Waals surface area contributed by atoms with Crippen LogP contribution in [0.25, 0.3) is 10.9 Å². The number of pyridine rings is 1. The van der Waals surface area contributed by atoms with E-state index in [1.165, 1.54) is 7.11 Å². The molecule has 1 aromatic carbocycles. The van der Waals surface area contributed by atoms with Gasteiger partial charge in [0.25, 0.3) is 5.91 Å². The molecule has 1 atom stereocenters. The highest BCUT2D eigenvalue weighted by Crippen LogP contribution is 2.27. The Morgan fingerprint density at radius 3 is 2.55 bits per heavy atom. The van der Waals surface area contributed by atoms with Crippen molar-refractivity contribution in [2.24, 2.45) is 5.92 Å². The van der Waals surface area contributed by atoms with Crippen LogP contribution in [0.2, 0.25) is 0 Å². The van der Waals surface area contributed by atoms with E-state index in [2.05, 4.69) is 15.2 Å². The number of aromatic nitrogens is 1. The molecule has 3 rings (SSSR count). The summed E-state index contributed by atoms with van der Waals surface area (Å²) in [5.74, 6) is -0.939. The summed E-state index contributed by atoms with van der Waals surface area (Å²) < 4.78 is 10.0. The van der Waals surface area contributed by atoms with Crippen LogP contribution in [-0.4, -0.2) is 55.7 Å². The summed E-state index contributed by atoms with van der Waals surface area (Å²) in [5, 5.41) is 3.41. The smallest absolute Gasteiger partial charge is 0.342 e. The molecule has 2 aromatic rings. The number of hydrogen-bond donors (Lipinski definition) is 1. The van der Waals surface area contributed by atoms with Crippen LogP contribution >= 0.6 is 0 Å². The third-order valence-electron chi connectivity index (χ3n) is 5.19. The largest absolute Gasteiger partial charge is 0.467 e. The van der Waals surface area contributed by atoms with Gasteiger partial charge in [0.05, 0.1) is 12.6 Å². The number of anilines is 1. The maximum Gasteiger partial charge on any atom is 0.342 e. The lowest BCUT2D eigenvalue weighted by atomic mass is 10.0. The minimum Gasteiger partial charge on any atom is -0.467 e. The monoisotopic (exact) mass is 427 g/mol. The SMILES string of the molecule is COC(=O)C(CC(C)C)NC(=O)COC(=O)c1cc2ccccc2nc1N1CCCC1. The van der Waals surface area contributed by atoms with Crippen LogP contribution in [0.4, 0.5) is 5.82 Å². The van der Waals surface area contributed by atoms with Crippen molar-refractivity contribution in [1.82, 2.24) is 10.3 Å². The second kappa shape index (κ2) is 10.2. The van der Waals surface area contributed by atoms with Crippen LogP contribution in [-0.2, 0) is 19.1 Å². The van der Waals surface area contributed by atoms with E-state index in [-0.39, 0.29) is 5.92 Å². The summed E-state index contributed by atoms with van der Waals surface area (Å²) in [6.07, 6.45) is 2.51. The van der Waals surface area contributed by atoms with Crippen molar-refractivity contribution in [3.05, 3.63) is 35.9 Å². The Labute approximate surface area is 181 Å². The summed E-state index contributed by atoms with van der Waals surface area (Å²) in [6.45, 7) is 5.03. The van der Waals surface area contributed by atoms with Gasteiger partial charge in [-0.2, -0.15) is 0 Å². The second-order valence-electron chi connectivity index (χ2n) is 8.10. The lowest BCUT2D eigenvalue weighted by Crippen LogP contribution is -2.44. The molecule has 166 valence electrons. The normalized spacial score (nSPS) is 14.5. The Hall–Kier alpha value is -3.16. The number of fused-ring (bicyclic) bond motifs is 1. The first-order valence-electron chi connectivity index (χ1n) is 10.6. The number of carbonyl (C=O) groups is 3. The first kappa shape index (κ1) is 22.5. The number of carbonyl (C=O) groups excluding carboxylic acids is 3. The number of nitrogens with one attached hydrogen (secondary N) is 1. The van der Waals surface area contributed by atoms with E-state index < -0.39 is 30.5 Å². The van der Waals surface area contributed by atoms with Crippen LogP contribution in [0.15, 0.2) is 30.3 Å². The highest BCUT2D eigenvalue weighted by molar-refractivity contribution is 6.00. The molecule has 0 aliphatic carbocycles. The number of nitrogens with zero attached hydrogens (tertiary/aromatic N) is 2. The van der Waals surface area contributed by atoms with Gasteiger partial charge in [0, 0.05) is 18.5 Å². The molecule has 1 unspecified atom stereocenters. The Kier molecular flexibility index (Phi) is 7.44. The minimum absolute atomic E-state index is 0.179. The van der Waals surface area contributed by atoms with E-state index in [1.54, 1.807) is 6.07 Å². The highest BCUT2D eigenvalue weighted by atomic mass is 16.5. The molecule has 8 heteroatoms. The van der Waals surface area contributed by atoms with Crippen molar-refractivity contribution in [2.75, 3.05) is 31.7 Å².